The number of thiazole rings is 1. The molecule has 2 nitrogen and oxygen atoms in total. The molecule has 0 aliphatic rings. The van der Waals surface area contributed by atoms with Crippen molar-refractivity contribution >= 4 is 11.3 Å². The van der Waals surface area contributed by atoms with Gasteiger partial charge in [-0.15, -0.1) is 11.3 Å². The van der Waals surface area contributed by atoms with E-state index in [2.05, 4.69) is 34.6 Å². The third-order valence-electron chi connectivity index (χ3n) is 2.68. The predicted molar refractivity (Wildman–Crippen MR) is 73.2 cm³/mol. The molecule has 2 rings (SSSR count). The molecule has 0 unspecified atom stereocenters. The number of aryl methyl sites for hydroxylation is 2. The first-order valence-corrected chi connectivity index (χ1v) is 6.71. The minimum Gasteiger partial charge on any atom is -0.321 e. The molecule has 0 radical (unpaired) electrons. The molecule has 0 saturated carbocycles. The molecule has 17 heavy (non-hydrogen) atoms. The lowest BCUT2D eigenvalue weighted by atomic mass is 10.0. The zero-order valence-electron chi connectivity index (χ0n) is 10.3. The molecule has 0 amide bonds. The van der Waals surface area contributed by atoms with Crippen LogP contribution in [0.4, 0.5) is 0 Å². The molecule has 0 aliphatic carbocycles. The molecule has 0 aliphatic heterocycles. The zero-order valence-corrected chi connectivity index (χ0v) is 11.1. The summed E-state index contributed by atoms with van der Waals surface area (Å²) >= 11 is 1.70. The van der Waals surface area contributed by atoms with E-state index in [0.717, 1.165) is 18.5 Å². The average Bonchev–Trinajstić information content (AvgIpc) is 2.76. The summed E-state index contributed by atoms with van der Waals surface area (Å²) in [6.07, 6.45) is 2.03. The first-order chi connectivity index (χ1) is 8.05. The van der Waals surface area contributed by atoms with Crippen molar-refractivity contribution in [1.82, 2.24) is 4.98 Å². The highest BCUT2D eigenvalue weighted by molar-refractivity contribution is 7.09. The summed E-state index contributed by atoms with van der Waals surface area (Å²) in [5, 5.41) is 3.24. The number of benzene rings is 1. The standard InChI is InChI=1S/C14H18N2S/c1-14(2,15)12-10-17-13(16-12)9-8-11-6-4-3-5-7-11/h3-7,10H,8-9,15H2,1-2H3. The first-order valence-electron chi connectivity index (χ1n) is 5.83. The second-order valence-corrected chi connectivity index (χ2v) is 5.78. The van der Waals surface area contributed by atoms with Crippen LogP contribution in [0.25, 0.3) is 0 Å². The second-order valence-electron chi connectivity index (χ2n) is 4.83. The smallest absolute Gasteiger partial charge is 0.0932 e. The van der Waals surface area contributed by atoms with Crippen molar-refractivity contribution in [1.29, 1.82) is 0 Å². The maximum atomic E-state index is 6.02. The molecule has 0 fully saturated rings. The number of nitrogens with zero attached hydrogens (tertiary/aromatic N) is 1. The maximum absolute atomic E-state index is 6.02. The summed E-state index contributed by atoms with van der Waals surface area (Å²) in [6, 6.07) is 10.5. The Bertz CT molecular complexity index is 468. The van der Waals surface area contributed by atoms with Crippen molar-refractivity contribution in [2.24, 2.45) is 5.73 Å². The van der Waals surface area contributed by atoms with Gasteiger partial charge >= 0.3 is 0 Å². The SMILES string of the molecule is CC(C)(N)c1csc(CCc2ccccc2)n1. The first kappa shape index (κ1) is 12.3. The van der Waals surface area contributed by atoms with Gasteiger partial charge in [0.2, 0.25) is 0 Å². The molecule has 2 N–H and O–H groups in total. The van der Waals surface area contributed by atoms with Crippen LogP contribution in [0, 0.1) is 0 Å². The van der Waals surface area contributed by atoms with E-state index in [0.29, 0.717) is 0 Å². The van der Waals surface area contributed by atoms with Crippen LogP contribution in [-0.4, -0.2) is 4.98 Å². The van der Waals surface area contributed by atoms with Crippen LogP contribution in [0.1, 0.15) is 30.1 Å². The fourth-order valence-electron chi connectivity index (χ4n) is 1.62. The quantitative estimate of drug-likeness (QED) is 0.900. The van der Waals surface area contributed by atoms with Gasteiger partial charge < -0.3 is 5.73 Å². The Hall–Kier alpha value is -1.19. The van der Waals surface area contributed by atoms with E-state index in [1.165, 1.54) is 10.6 Å². The van der Waals surface area contributed by atoms with Gasteiger partial charge in [-0.25, -0.2) is 4.98 Å². The Kier molecular flexibility index (Phi) is 3.60. The lowest BCUT2D eigenvalue weighted by Crippen LogP contribution is -2.29. The number of nitrogens with two attached hydrogens (primary N) is 1. The molecule has 90 valence electrons. The monoisotopic (exact) mass is 246 g/mol. The molecule has 1 aromatic heterocycles. The topological polar surface area (TPSA) is 38.9 Å². The highest BCUT2D eigenvalue weighted by atomic mass is 32.1. The highest BCUT2D eigenvalue weighted by Gasteiger charge is 2.17. The Morgan fingerprint density at radius 3 is 2.47 bits per heavy atom. The lowest BCUT2D eigenvalue weighted by molar-refractivity contribution is 0.537. The van der Waals surface area contributed by atoms with E-state index in [9.17, 15) is 0 Å². The molecular formula is C14H18N2S. The van der Waals surface area contributed by atoms with E-state index < -0.39 is 0 Å². The number of aromatic nitrogens is 1. The van der Waals surface area contributed by atoms with Gasteiger partial charge in [-0.2, -0.15) is 0 Å². The summed E-state index contributed by atoms with van der Waals surface area (Å²) in [6.45, 7) is 3.98. The van der Waals surface area contributed by atoms with E-state index in [-0.39, 0.29) is 5.54 Å². The van der Waals surface area contributed by atoms with Crippen molar-refractivity contribution < 1.29 is 0 Å². The summed E-state index contributed by atoms with van der Waals surface area (Å²) < 4.78 is 0. The van der Waals surface area contributed by atoms with Crippen molar-refractivity contribution in [3.8, 4) is 0 Å². The van der Waals surface area contributed by atoms with Gasteiger partial charge in [0.25, 0.3) is 0 Å². The normalized spacial score (nSPS) is 11.7. The van der Waals surface area contributed by atoms with Gasteiger partial charge in [0.15, 0.2) is 0 Å². The summed E-state index contributed by atoms with van der Waals surface area (Å²) in [5.41, 5.74) is 8.04. The van der Waals surface area contributed by atoms with Crippen LogP contribution in [-0.2, 0) is 18.4 Å². The minimum atomic E-state index is -0.332. The van der Waals surface area contributed by atoms with Crippen LogP contribution in [0.15, 0.2) is 35.7 Å². The molecule has 1 aromatic carbocycles. The second kappa shape index (κ2) is 4.98. The van der Waals surface area contributed by atoms with Gasteiger partial charge in [0, 0.05) is 11.8 Å². The molecule has 0 saturated heterocycles. The molecule has 3 heteroatoms. The van der Waals surface area contributed by atoms with Crippen molar-refractivity contribution in [3.63, 3.8) is 0 Å². The molecule has 1 heterocycles. The molecular weight excluding hydrogens is 228 g/mol. The average molecular weight is 246 g/mol. The van der Waals surface area contributed by atoms with E-state index in [1.807, 2.05) is 19.9 Å². The molecule has 0 atom stereocenters. The lowest BCUT2D eigenvalue weighted by Gasteiger charge is -2.14. The Balaban J connectivity index is 1.99. The number of hydrogen-bond donors (Lipinski definition) is 1. The largest absolute Gasteiger partial charge is 0.321 e. The molecule has 0 bridgehead atoms. The number of rotatable bonds is 4. The summed E-state index contributed by atoms with van der Waals surface area (Å²) in [5.74, 6) is 0. The van der Waals surface area contributed by atoms with Crippen LogP contribution < -0.4 is 5.73 Å². The van der Waals surface area contributed by atoms with Crippen LogP contribution in [0.5, 0.6) is 0 Å². The number of hydrogen-bond acceptors (Lipinski definition) is 3. The molecule has 0 spiro atoms. The Morgan fingerprint density at radius 1 is 1.18 bits per heavy atom. The van der Waals surface area contributed by atoms with E-state index in [1.54, 1.807) is 11.3 Å². The zero-order chi connectivity index (χ0) is 12.3. The minimum absolute atomic E-state index is 0.332. The fourth-order valence-corrected chi connectivity index (χ4v) is 2.59. The highest BCUT2D eigenvalue weighted by Crippen LogP contribution is 2.20. The van der Waals surface area contributed by atoms with Crippen molar-refractivity contribution in [2.45, 2.75) is 32.2 Å². The third kappa shape index (κ3) is 3.38. The van der Waals surface area contributed by atoms with Gasteiger partial charge in [-0.3, -0.25) is 0 Å². The van der Waals surface area contributed by atoms with Gasteiger partial charge in [-0.05, 0) is 25.8 Å². The van der Waals surface area contributed by atoms with Gasteiger partial charge in [-0.1, -0.05) is 30.3 Å². The third-order valence-corrected chi connectivity index (χ3v) is 3.59. The van der Waals surface area contributed by atoms with Crippen LogP contribution in [0.3, 0.4) is 0 Å². The Labute approximate surface area is 107 Å². The predicted octanol–water partition coefficient (Wildman–Crippen LogP) is 3.12. The Morgan fingerprint density at radius 2 is 1.88 bits per heavy atom. The summed E-state index contributed by atoms with van der Waals surface area (Å²) in [7, 11) is 0. The fraction of sp³-hybridized carbons (Fsp3) is 0.357. The van der Waals surface area contributed by atoms with Crippen molar-refractivity contribution in [2.75, 3.05) is 0 Å². The van der Waals surface area contributed by atoms with Crippen LogP contribution >= 0.6 is 11.3 Å². The van der Waals surface area contributed by atoms with Gasteiger partial charge in [0.1, 0.15) is 0 Å². The van der Waals surface area contributed by atoms with Gasteiger partial charge in [0.05, 0.1) is 16.2 Å². The van der Waals surface area contributed by atoms with E-state index >= 15 is 0 Å². The summed E-state index contributed by atoms with van der Waals surface area (Å²) in [4.78, 5) is 4.59. The van der Waals surface area contributed by atoms with E-state index in [4.69, 9.17) is 5.73 Å². The molecule has 2 aromatic rings. The van der Waals surface area contributed by atoms with Crippen molar-refractivity contribution in [3.05, 3.63) is 52.0 Å². The maximum Gasteiger partial charge on any atom is 0.0932 e. The van der Waals surface area contributed by atoms with Crippen LogP contribution in [0.2, 0.25) is 0 Å².